The van der Waals surface area contributed by atoms with E-state index in [1.54, 1.807) is 0 Å². The minimum Gasteiger partial charge on any atom is -0.314 e. The molecule has 0 aliphatic carbocycles. The summed E-state index contributed by atoms with van der Waals surface area (Å²) < 4.78 is 0. The molecule has 3 rings (SSSR count). The fourth-order valence-electron chi connectivity index (χ4n) is 2.96. The highest BCUT2D eigenvalue weighted by Crippen LogP contribution is 2.24. The lowest BCUT2D eigenvalue weighted by Gasteiger charge is -2.32. The van der Waals surface area contributed by atoms with E-state index in [1.807, 2.05) is 24.3 Å². The topological polar surface area (TPSA) is 39.1 Å². The van der Waals surface area contributed by atoms with Gasteiger partial charge in [-0.3, -0.25) is 4.90 Å². The second kappa shape index (κ2) is 5.45. The highest BCUT2D eigenvalue weighted by Gasteiger charge is 2.33. The molecule has 0 aromatic heterocycles. The zero-order chi connectivity index (χ0) is 13.1. The van der Waals surface area contributed by atoms with Crippen molar-refractivity contribution in [2.24, 2.45) is 0 Å². The summed E-state index contributed by atoms with van der Waals surface area (Å²) in [5, 5.41) is 12.3. The Bertz CT molecular complexity index is 561. The Morgan fingerprint density at radius 3 is 3.05 bits per heavy atom. The molecule has 3 nitrogen and oxygen atoms in total. The molecule has 2 heterocycles. The maximum Gasteiger partial charge on any atom is 0.0992 e. The van der Waals surface area contributed by atoms with Gasteiger partial charge in [0, 0.05) is 31.2 Å². The van der Waals surface area contributed by atoms with Gasteiger partial charge in [-0.1, -0.05) is 17.9 Å². The Labute approximate surface area is 114 Å². The van der Waals surface area contributed by atoms with Crippen LogP contribution >= 0.6 is 0 Å². The molecule has 1 aromatic carbocycles. The van der Waals surface area contributed by atoms with E-state index >= 15 is 0 Å². The van der Waals surface area contributed by atoms with Crippen LogP contribution in [0, 0.1) is 23.2 Å². The zero-order valence-corrected chi connectivity index (χ0v) is 10.9. The van der Waals surface area contributed by atoms with Gasteiger partial charge in [-0.25, -0.2) is 0 Å². The van der Waals surface area contributed by atoms with Gasteiger partial charge in [-0.05, 0) is 31.0 Å². The fraction of sp³-hybridized carbons (Fsp3) is 0.438. The smallest absolute Gasteiger partial charge is 0.0992 e. The predicted molar refractivity (Wildman–Crippen MR) is 74.4 cm³/mol. The average molecular weight is 251 g/mol. The fourth-order valence-corrected chi connectivity index (χ4v) is 2.96. The number of nitrogens with zero attached hydrogens (tertiary/aromatic N) is 2. The Kier molecular flexibility index (Phi) is 3.51. The molecular formula is C16H17N3. The second-order valence-electron chi connectivity index (χ2n) is 5.15. The lowest BCUT2D eigenvalue weighted by Crippen LogP contribution is -2.50. The highest BCUT2D eigenvalue weighted by atomic mass is 15.3. The number of rotatable bonds is 0. The Hall–Kier alpha value is -1.81. The summed E-state index contributed by atoms with van der Waals surface area (Å²) in [5.41, 5.74) is 1.62. The van der Waals surface area contributed by atoms with Crippen molar-refractivity contribution in [3.63, 3.8) is 0 Å². The maximum atomic E-state index is 8.88. The lowest BCUT2D eigenvalue weighted by atomic mass is 10.1. The second-order valence-corrected chi connectivity index (χ2v) is 5.15. The first-order valence-electron chi connectivity index (χ1n) is 6.85. The number of hydrogen-bond acceptors (Lipinski definition) is 3. The Balaban J connectivity index is 1.75. The van der Waals surface area contributed by atoms with Crippen molar-refractivity contribution in [1.82, 2.24) is 10.2 Å². The number of benzene rings is 1. The number of hydrogen-bond donors (Lipinski definition) is 1. The third kappa shape index (κ3) is 2.63. The van der Waals surface area contributed by atoms with Crippen molar-refractivity contribution < 1.29 is 0 Å². The van der Waals surface area contributed by atoms with E-state index in [4.69, 9.17) is 5.26 Å². The van der Waals surface area contributed by atoms with Gasteiger partial charge in [0.25, 0.3) is 0 Å². The van der Waals surface area contributed by atoms with Gasteiger partial charge in [-0.15, -0.1) is 0 Å². The van der Waals surface area contributed by atoms with Crippen LogP contribution in [0.4, 0.5) is 0 Å². The zero-order valence-electron chi connectivity index (χ0n) is 10.9. The summed E-state index contributed by atoms with van der Waals surface area (Å²) in [6.07, 6.45) is 2.40. The third-order valence-electron chi connectivity index (χ3n) is 3.94. The van der Waals surface area contributed by atoms with E-state index in [0.717, 1.165) is 31.6 Å². The van der Waals surface area contributed by atoms with Gasteiger partial charge in [0.15, 0.2) is 0 Å². The molecule has 2 aliphatic rings. The largest absolute Gasteiger partial charge is 0.314 e. The molecule has 2 saturated heterocycles. The van der Waals surface area contributed by atoms with E-state index in [-0.39, 0.29) is 0 Å². The van der Waals surface area contributed by atoms with E-state index in [2.05, 4.69) is 28.1 Å². The normalized spacial score (nSPS) is 26.1. The molecule has 0 bridgehead atoms. The van der Waals surface area contributed by atoms with Crippen molar-refractivity contribution in [2.75, 3.05) is 19.6 Å². The van der Waals surface area contributed by atoms with Gasteiger partial charge in [0.2, 0.25) is 0 Å². The number of fused-ring (bicyclic) bond motifs is 1. The molecule has 2 aliphatic heterocycles. The molecule has 0 amide bonds. The summed E-state index contributed by atoms with van der Waals surface area (Å²) in [7, 11) is 0. The highest BCUT2D eigenvalue weighted by molar-refractivity contribution is 5.42. The van der Waals surface area contributed by atoms with Crippen molar-refractivity contribution in [1.29, 1.82) is 5.26 Å². The van der Waals surface area contributed by atoms with Crippen molar-refractivity contribution in [3.8, 4) is 17.9 Å². The summed E-state index contributed by atoms with van der Waals surface area (Å²) >= 11 is 0. The molecule has 96 valence electrons. The first-order chi connectivity index (χ1) is 9.36. The van der Waals surface area contributed by atoms with E-state index in [0.29, 0.717) is 17.6 Å². The van der Waals surface area contributed by atoms with Crippen LogP contribution in [0.1, 0.15) is 24.0 Å². The van der Waals surface area contributed by atoms with Gasteiger partial charge >= 0.3 is 0 Å². The minimum absolute atomic E-state index is 0.387. The molecule has 0 unspecified atom stereocenters. The van der Waals surface area contributed by atoms with E-state index < -0.39 is 0 Å². The van der Waals surface area contributed by atoms with E-state index in [1.165, 1.54) is 6.42 Å². The number of piperazine rings is 1. The van der Waals surface area contributed by atoms with Crippen LogP contribution in [0.15, 0.2) is 24.3 Å². The van der Waals surface area contributed by atoms with Crippen LogP contribution in [0.25, 0.3) is 0 Å². The van der Waals surface area contributed by atoms with Gasteiger partial charge < -0.3 is 5.32 Å². The van der Waals surface area contributed by atoms with Gasteiger partial charge in [0.1, 0.15) is 0 Å². The standard InChI is InChI=1S/C16H17N3/c17-11-14-3-1-2-13(10-14)4-5-15-6-7-16-12-18-8-9-19(15)16/h1-3,10,15-16,18H,6-9,12H2/t15-,16-/m0/s1. The Morgan fingerprint density at radius 1 is 1.26 bits per heavy atom. The molecule has 0 saturated carbocycles. The Morgan fingerprint density at radius 2 is 2.16 bits per heavy atom. The first kappa shape index (κ1) is 12.2. The van der Waals surface area contributed by atoms with Crippen molar-refractivity contribution >= 4 is 0 Å². The monoisotopic (exact) mass is 251 g/mol. The molecule has 0 spiro atoms. The number of nitriles is 1. The first-order valence-corrected chi connectivity index (χ1v) is 6.85. The van der Waals surface area contributed by atoms with Crippen LogP contribution in [-0.4, -0.2) is 36.6 Å². The molecule has 0 radical (unpaired) electrons. The molecule has 1 aromatic rings. The quantitative estimate of drug-likeness (QED) is 0.707. The van der Waals surface area contributed by atoms with Crippen LogP contribution in [0.2, 0.25) is 0 Å². The van der Waals surface area contributed by atoms with Crippen molar-refractivity contribution in [3.05, 3.63) is 35.4 Å². The average Bonchev–Trinajstić information content (AvgIpc) is 2.89. The van der Waals surface area contributed by atoms with Crippen LogP contribution < -0.4 is 5.32 Å². The summed E-state index contributed by atoms with van der Waals surface area (Å²) in [5.74, 6) is 6.62. The molecule has 2 atom stereocenters. The summed E-state index contributed by atoms with van der Waals surface area (Å²) in [6, 6.07) is 10.7. The van der Waals surface area contributed by atoms with Crippen LogP contribution in [0.5, 0.6) is 0 Å². The lowest BCUT2D eigenvalue weighted by molar-refractivity contribution is 0.187. The molecule has 19 heavy (non-hydrogen) atoms. The molecular weight excluding hydrogens is 234 g/mol. The molecule has 1 N–H and O–H groups in total. The minimum atomic E-state index is 0.387. The predicted octanol–water partition coefficient (Wildman–Crippen LogP) is 1.35. The van der Waals surface area contributed by atoms with Gasteiger partial charge in [-0.2, -0.15) is 5.26 Å². The van der Waals surface area contributed by atoms with E-state index in [9.17, 15) is 0 Å². The van der Waals surface area contributed by atoms with Crippen LogP contribution in [-0.2, 0) is 0 Å². The maximum absolute atomic E-state index is 8.88. The van der Waals surface area contributed by atoms with Gasteiger partial charge in [0.05, 0.1) is 17.7 Å². The molecule has 3 heteroatoms. The third-order valence-corrected chi connectivity index (χ3v) is 3.94. The van der Waals surface area contributed by atoms with Crippen molar-refractivity contribution in [2.45, 2.75) is 24.9 Å². The SMILES string of the molecule is N#Cc1cccc(C#C[C@H]2CC[C@H]3CNCCN32)c1. The summed E-state index contributed by atoms with van der Waals surface area (Å²) in [4.78, 5) is 2.53. The number of nitrogens with one attached hydrogen (secondary N) is 1. The summed E-state index contributed by atoms with van der Waals surface area (Å²) in [6.45, 7) is 3.27. The van der Waals surface area contributed by atoms with Crippen LogP contribution in [0.3, 0.4) is 0 Å². The molecule has 2 fully saturated rings.